The van der Waals surface area contributed by atoms with Gasteiger partial charge in [-0.2, -0.15) is 0 Å². The summed E-state index contributed by atoms with van der Waals surface area (Å²) in [6.45, 7) is 6.92. The molecule has 2 heterocycles. The van der Waals surface area contributed by atoms with Crippen molar-refractivity contribution in [2.45, 2.75) is 13.3 Å². The van der Waals surface area contributed by atoms with E-state index in [-0.39, 0.29) is 5.91 Å². The molecule has 1 aliphatic heterocycles. The van der Waals surface area contributed by atoms with Crippen molar-refractivity contribution >= 4 is 28.8 Å². The van der Waals surface area contributed by atoms with Crippen LogP contribution in [0.5, 0.6) is 0 Å². The third-order valence-corrected chi connectivity index (χ3v) is 4.36. The van der Waals surface area contributed by atoms with E-state index < -0.39 is 0 Å². The van der Waals surface area contributed by atoms with Crippen molar-refractivity contribution in [2.75, 3.05) is 32.7 Å². The minimum Gasteiger partial charge on any atom is -0.340 e. The van der Waals surface area contributed by atoms with Gasteiger partial charge in [0.2, 0.25) is 5.91 Å². The van der Waals surface area contributed by atoms with Gasteiger partial charge in [-0.3, -0.25) is 4.79 Å². The van der Waals surface area contributed by atoms with E-state index in [4.69, 9.17) is 11.6 Å². The fourth-order valence-corrected chi connectivity index (χ4v) is 3.10. The lowest BCUT2D eigenvalue weighted by Gasteiger charge is -2.34. The Hall–Kier alpha value is -0.580. The summed E-state index contributed by atoms with van der Waals surface area (Å²) in [7, 11) is 0. The average Bonchev–Trinajstić information content (AvgIpc) is 2.75. The van der Waals surface area contributed by atoms with Crippen LogP contribution in [0.15, 0.2) is 12.1 Å². The summed E-state index contributed by atoms with van der Waals surface area (Å²) in [5.74, 6) is 0.222. The predicted molar refractivity (Wildman–Crippen MR) is 71.7 cm³/mol. The number of piperazine rings is 1. The number of likely N-dealkylation sites (N-methyl/N-ethyl adjacent to an activating group) is 1. The second-order valence-electron chi connectivity index (χ2n) is 4.20. The van der Waals surface area contributed by atoms with Crippen molar-refractivity contribution in [3.63, 3.8) is 0 Å². The van der Waals surface area contributed by atoms with Crippen molar-refractivity contribution in [2.24, 2.45) is 0 Å². The van der Waals surface area contributed by atoms with E-state index in [9.17, 15) is 4.79 Å². The zero-order chi connectivity index (χ0) is 12.3. The van der Waals surface area contributed by atoms with Gasteiger partial charge in [0.05, 0.1) is 10.8 Å². The van der Waals surface area contributed by atoms with E-state index in [1.54, 1.807) is 0 Å². The van der Waals surface area contributed by atoms with Crippen LogP contribution in [0.4, 0.5) is 0 Å². The van der Waals surface area contributed by atoms with Crippen LogP contribution in [0.2, 0.25) is 4.34 Å². The van der Waals surface area contributed by atoms with E-state index in [2.05, 4.69) is 11.8 Å². The quantitative estimate of drug-likeness (QED) is 0.841. The van der Waals surface area contributed by atoms with Gasteiger partial charge in [-0.25, -0.2) is 0 Å². The number of carbonyl (C=O) groups excluding carboxylic acids is 1. The molecule has 94 valence electrons. The minimum absolute atomic E-state index is 0.222. The fourth-order valence-electron chi connectivity index (χ4n) is 2.02. The topological polar surface area (TPSA) is 23.6 Å². The fraction of sp³-hybridized carbons (Fsp3) is 0.583. The van der Waals surface area contributed by atoms with Gasteiger partial charge < -0.3 is 9.80 Å². The van der Waals surface area contributed by atoms with Gasteiger partial charge >= 0.3 is 0 Å². The van der Waals surface area contributed by atoms with Crippen LogP contribution in [0, 0.1) is 0 Å². The zero-order valence-electron chi connectivity index (χ0n) is 9.99. The van der Waals surface area contributed by atoms with E-state index in [1.807, 2.05) is 17.0 Å². The van der Waals surface area contributed by atoms with Crippen LogP contribution in [-0.4, -0.2) is 48.4 Å². The first-order valence-electron chi connectivity index (χ1n) is 5.93. The van der Waals surface area contributed by atoms with Crippen LogP contribution in [-0.2, 0) is 11.2 Å². The predicted octanol–water partition coefficient (Wildman–Crippen LogP) is 2.11. The summed E-state index contributed by atoms with van der Waals surface area (Å²) in [6.07, 6.45) is 0.490. The second kappa shape index (κ2) is 5.85. The highest BCUT2D eigenvalue weighted by atomic mass is 35.5. The molecule has 0 radical (unpaired) electrons. The van der Waals surface area contributed by atoms with Gasteiger partial charge in [0, 0.05) is 31.1 Å². The standard InChI is InChI=1S/C12H17ClN2OS/c1-2-14-5-7-15(8-6-14)12(16)9-10-3-4-11(13)17-10/h3-4H,2,5-9H2,1H3. The monoisotopic (exact) mass is 272 g/mol. The van der Waals surface area contributed by atoms with Crippen molar-refractivity contribution in [1.82, 2.24) is 9.80 Å². The molecule has 17 heavy (non-hydrogen) atoms. The molecule has 1 aromatic heterocycles. The maximum Gasteiger partial charge on any atom is 0.227 e. The molecule has 0 atom stereocenters. The van der Waals surface area contributed by atoms with Gasteiger partial charge in [-0.1, -0.05) is 18.5 Å². The van der Waals surface area contributed by atoms with Crippen molar-refractivity contribution in [3.05, 3.63) is 21.3 Å². The zero-order valence-corrected chi connectivity index (χ0v) is 11.6. The Morgan fingerprint density at radius 2 is 2.06 bits per heavy atom. The first-order valence-corrected chi connectivity index (χ1v) is 7.13. The third kappa shape index (κ3) is 3.44. The molecule has 0 aromatic carbocycles. The Bertz CT molecular complexity index is 386. The Morgan fingerprint density at radius 3 is 2.59 bits per heavy atom. The van der Waals surface area contributed by atoms with E-state index in [0.29, 0.717) is 6.42 Å². The summed E-state index contributed by atoms with van der Waals surface area (Å²) < 4.78 is 0.753. The van der Waals surface area contributed by atoms with Gasteiger partial charge in [-0.15, -0.1) is 11.3 Å². The molecule has 3 nitrogen and oxygen atoms in total. The second-order valence-corrected chi connectivity index (χ2v) is 6.00. The Balaban J connectivity index is 1.85. The number of amides is 1. The number of thiophene rings is 1. The van der Waals surface area contributed by atoms with Crippen molar-refractivity contribution in [1.29, 1.82) is 0 Å². The molecular weight excluding hydrogens is 256 g/mol. The normalized spacial score (nSPS) is 17.4. The van der Waals surface area contributed by atoms with Crippen LogP contribution in [0.25, 0.3) is 0 Å². The van der Waals surface area contributed by atoms with Gasteiger partial charge in [0.1, 0.15) is 0 Å². The van der Waals surface area contributed by atoms with Gasteiger partial charge in [0.25, 0.3) is 0 Å². The molecular formula is C12H17ClN2OS. The van der Waals surface area contributed by atoms with E-state index in [1.165, 1.54) is 11.3 Å². The Kier molecular flexibility index (Phi) is 4.42. The molecule has 5 heteroatoms. The maximum absolute atomic E-state index is 12.0. The molecule has 0 spiro atoms. The van der Waals surface area contributed by atoms with Gasteiger partial charge in [-0.05, 0) is 18.7 Å². The molecule has 0 N–H and O–H groups in total. The average molecular weight is 273 g/mol. The Morgan fingerprint density at radius 1 is 1.35 bits per heavy atom. The highest BCUT2D eigenvalue weighted by Gasteiger charge is 2.20. The SMILES string of the molecule is CCN1CCN(C(=O)Cc2ccc(Cl)s2)CC1. The van der Waals surface area contributed by atoms with E-state index >= 15 is 0 Å². The smallest absolute Gasteiger partial charge is 0.227 e. The molecule has 0 aliphatic carbocycles. The van der Waals surface area contributed by atoms with Gasteiger partial charge in [0.15, 0.2) is 0 Å². The van der Waals surface area contributed by atoms with Crippen molar-refractivity contribution in [3.8, 4) is 0 Å². The number of nitrogens with zero attached hydrogens (tertiary/aromatic N) is 2. The van der Waals surface area contributed by atoms with Crippen LogP contribution in [0.3, 0.4) is 0 Å². The Labute approximate surface area is 111 Å². The number of hydrogen-bond acceptors (Lipinski definition) is 3. The van der Waals surface area contributed by atoms with Crippen LogP contribution in [0.1, 0.15) is 11.8 Å². The molecule has 1 saturated heterocycles. The van der Waals surface area contributed by atoms with Crippen LogP contribution < -0.4 is 0 Å². The molecule has 0 unspecified atom stereocenters. The lowest BCUT2D eigenvalue weighted by Crippen LogP contribution is -2.48. The summed E-state index contributed by atoms with van der Waals surface area (Å²) in [5, 5.41) is 0. The molecule has 1 amide bonds. The van der Waals surface area contributed by atoms with E-state index in [0.717, 1.165) is 41.9 Å². The third-order valence-electron chi connectivity index (χ3n) is 3.13. The number of rotatable bonds is 3. The van der Waals surface area contributed by atoms with Crippen LogP contribution >= 0.6 is 22.9 Å². The number of carbonyl (C=O) groups is 1. The highest BCUT2D eigenvalue weighted by Crippen LogP contribution is 2.22. The van der Waals surface area contributed by atoms with Crippen molar-refractivity contribution < 1.29 is 4.79 Å². The number of halogens is 1. The first-order chi connectivity index (χ1) is 8.19. The molecule has 1 fully saturated rings. The lowest BCUT2D eigenvalue weighted by atomic mass is 10.2. The largest absolute Gasteiger partial charge is 0.340 e. The molecule has 0 bridgehead atoms. The highest BCUT2D eigenvalue weighted by molar-refractivity contribution is 7.16. The molecule has 0 saturated carbocycles. The lowest BCUT2D eigenvalue weighted by molar-refractivity contribution is -0.132. The number of hydrogen-bond donors (Lipinski definition) is 0. The first kappa shape index (κ1) is 12.9. The summed E-state index contributed by atoms with van der Waals surface area (Å²) in [5.41, 5.74) is 0. The maximum atomic E-state index is 12.0. The summed E-state index contributed by atoms with van der Waals surface area (Å²) >= 11 is 7.35. The summed E-state index contributed by atoms with van der Waals surface area (Å²) in [4.78, 5) is 17.4. The molecule has 2 rings (SSSR count). The minimum atomic E-state index is 0.222. The summed E-state index contributed by atoms with van der Waals surface area (Å²) in [6, 6.07) is 3.79. The molecule has 1 aliphatic rings. The molecule has 1 aromatic rings.